The molecule has 1 aliphatic rings. The lowest BCUT2D eigenvalue weighted by Crippen LogP contribution is -2.46. The molecule has 2 atom stereocenters. The molecule has 0 spiro atoms. The van der Waals surface area contributed by atoms with Crippen molar-refractivity contribution in [1.82, 2.24) is 5.32 Å². The van der Waals surface area contributed by atoms with Crippen LogP contribution in [0.2, 0.25) is 0 Å². The van der Waals surface area contributed by atoms with Gasteiger partial charge in [0.05, 0.1) is 12.7 Å². The van der Waals surface area contributed by atoms with Gasteiger partial charge in [0.15, 0.2) is 0 Å². The summed E-state index contributed by atoms with van der Waals surface area (Å²) < 4.78 is 11.2. The van der Waals surface area contributed by atoms with E-state index in [1.807, 2.05) is 24.3 Å². The number of methoxy groups -OCH3 is 1. The second kappa shape index (κ2) is 6.93. The van der Waals surface area contributed by atoms with Crippen LogP contribution in [0.15, 0.2) is 24.3 Å². The molecule has 0 aliphatic heterocycles. The average molecular weight is 288 g/mol. The lowest BCUT2D eigenvalue weighted by molar-refractivity contribution is 0.181. The maximum Gasteiger partial charge on any atom is 0.120 e. The Morgan fingerprint density at radius 2 is 2.29 bits per heavy atom. The van der Waals surface area contributed by atoms with Gasteiger partial charge in [0.25, 0.3) is 0 Å². The van der Waals surface area contributed by atoms with E-state index < -0.39 is 5.54 Å². The van der Waals surface area contributed by atoms with Crippen molar-refractivity contribution in [2.45, 2.75) is 57.4 Å². The van der Waals surface area contributed by atoms with Gasteiger partial charge in [-0.25, -0.2) is 0 Å². The minimum atomic E-state index is -0.441. The van der Waals surface area contributed by atoms with Crippen LogP contribution in [0, 0.1) is 11.3 Å². The number of rotatable bonds is 6. The summed E-state index contributed by atoms with van der Waals surface area (Å²) in [5.41, 5.74) is 0.656. The molecule has 0 saturated heterocycles. The van der Waals surface area contributed by atoms with Crippen LogP contribution in [0.25, 0.3) is 0 Å². The van der Waals surface area contributed by atoms with E-state index >= 15 is 0 Å². The number of hydrogen-bond acceptors (Lipinski definition) is 4. The Morgan fingerprint density at radius 1 is 1.48 bits per heavy atom. The smallest absolute Gasteiger partial charge is 0.120 e. The Morgan fingerprint density at radius 3 is 2.95 bits per heavy atom. The molecule has 0 amide bonds. The van der Waals surface area contributed by atoms with Gasteiger partial charge in [-0.1, -0.05) is 12.1 Å². The molecular formula is C17H24N2O2. The molecule has 1 aromatic carbocycles. The third kappa shape index (κ3) is 4.20. The number of nitriles is 1. The molecule has 0 radical (unpaired) electrons. The standard InChI is InChI=1S/C17H24N2O2/c1-13(2)19-17(12-18)8-7-16(10-17)21-15-6-4-5-14(9-15)11-20-3/h4-6,9,13,16,19H,7-8,10-11H2,1-3H3. The monoisotopic (exact) mass is 288 g/mol. The third-order valence-corrected chi connectivity index (χ3v) is 3.76. The Balaban J connectivity index is 1.99. The molecule has 4 heteroatoms. The van der Waals surface area contributed by atoms with Gasteiger partial charge < -0.3 is 9.47 Å². The van der Waals surface area contributed by atoms with Crippen LogP contribution >= 0.6 is 0 Å². The highest BCUT2D eigenvalue weighted by Gasteiger charge is 2.40. The van der Waals surface area contributed by atoms with Crippen molar-refractivity contribution in [3.8, 4) is 11.8 Å². The molecule has 1 N–H and O–H groups in total. The molecule has 114 valence electrons. The highest BCUT2D eigenvalue weighted by atomic mass is 16.5. The summed E-state index contributed by atoms with van der Waals surface area (Å²) in [4.78, 5) is 0. The molecule has 1 aliphatic carbocycles. The van der Waals surface area contributed by atoms with Crippen LogP contribution in [-0.2, 0) is 11.3 Å². The number of nitrogens with one attached hydrogen (secondary N) is 1. The zero-order valence-corrected chi connectivity index (χ0v) is 13.1. The Hall–Kier alpha value is -1.57. The maximum absolute atomic E-state index is 9.48. The second-order valence-electron chi connectivity index (χ2n) is 6.06. The average Bonchev–Trinajstić information content (AvgIpc) is 2.82. The quantitative estimate of drug-likeness (QED) is 0.874. The van der Waals surface area contributed by atoms with Crippen molar-refractivity contribution >= 4 is 0 Å². The van der Waals surface area contributed by atoms with Gasteiger partial charge in [-0.2, -0.15) is 5.26 Å². The van der Waals surface area contributed by atoms with Gasteiger partial charge >= 0.3 is 0 Å². The maximum atomic E-state index is 9.48. The zero-order chi connectivity index (χ0) is 15.3. The van der Waals surface area contributed by atoms with Gasteiger partial charge in [0.1, 0.15) is 17.4 Å². The SMILES string of the molecule is COCc1cccc(OC2CCC(C#N)(NC(C)C)C2)c1. The van der Waals surface area contributed by atoms with E-state index in [1.54, 1.807) is 7.11 Å². The second-order valence-corrected chi connectivity index (χ2v) is 6.06. The fourth-order valence-corrected chi connectivity index (χ4v) is 2.99. The van der Waals surface area contributed by atoms with Crippen molar-refractivity contribution in [3.05, 3.63) is 29.8 Å². The first-order chi connectivity index (χ1) is 10.1. The summed E-state index contributed by atoms with van der Waals surface area (Å²) in [7, 11) is 1.68. The van der Waals surface area contributed by atoms with E-state index in [1.165, 1.54) is 0 Å². The van der Waals surface area contributed by atoms with Gasteiger partial charge in [0.2, 0.25) is 0 Å². The van der Waals surface area contributed by atoms with Crippen LogP contribution in [0.1, 0.15) is 38.7 Å². The van der Waals surface area contributed by atoms with E-state index in [0.717, 1.165) is 30.6 Å². The van der Waals surface area contributed by atoms with Crippen molar-refractivity contribution in [1.29, 1.82) is 5.26 Å². The van der Waals surface area contributed by atoms with Crippen molar-refractivity contribution in [3.63, 3.8) is 0 Å². The first-order valence-electron chi connectivity index (χ1n) is 7.50. The van der Waals surface area contributed by atoms with Crippen LogP contribution in [-0.4, -0.2) is 24.8 Å². The predicted molar refractivity (Wildman–Crippen MR) is 82.0 cm³/mol. The van der Waals surface area contributed by atoms with Gasteiger partial charge in [0, 0.05) is 19.6 Å². The fraction of sp³-hybridized carbons (Fsp3) is 0.588. The van der Waals surface area contributed by atoms with Gasteiger partial charge in [-0.15, -0.1) is 0 Å². The summed E-state index contributed by atoms with van der Waals surface area (Å²) in [6, 6.07) is 10.7. The molecule has 0 heterocycles. The molecule has 0 bridgehead atoms. The van der Waals surface area contributed by atoms with Crippen LogP contribution in [0.3, 0.4) is 0 Å². The van der Waals surface area contributed by atoms with Gasteiger partial charge in [-0.3, -0.25) is 5.32 Å². The number of benzene rings is 1. The van der Waals surface area contributed by atoms with E-state index in [0.29, 0.717) is 12.6 Å². The lowest BCUT2D eigenvalue weighted by atomic mass is 9.98. The predicted octanol–water partition coefficient (Wildman–Crippen LogP) is 3.02. The number of ether oxygens (including phenoxy) is 2. The van der Waals surface area contributed by atoms with E-state index in [-0.39, 0.29) is 6.10 Å². The molecule has 1 fully saturated rings. The van der Waals surface area contributed by atoms with Gasteiger partial charge in [-0.05, 0) is 44.4 Å². The first-order valence-corrected chi connectivity index (χ1v) is 7.50. The lowest BCUT2D eigenvalue weighted by Gasteiger charge is -2.25. The minimum absolute atomic E-state index is 0.0914. The largest absolute Gasteiger partial charge is 0.490 e. The van der Waals surface area contributed by atoms with E-state index in [9.17, 15) is 5.26 Å². The normalized spacial score (nSPS) is 25.0. The zero-order valence-electron chi connectivity index (χ0n) is 13.1. The molecule has 2 rings (SSSR count). The van der Waals surface area contributed by atoms with Crippen LogP contribution < -0.4 is 10.1 Å². The topological polar surface area (TPSA) is 54.3 Å². The minimum Gasteiger partial charge on any atom is -0.490 e. The van der Waals surface area contributed by atoms with E-state index in [2.05, 4.69) is 25.2 Å². The summed E-state index contributed by atoms with van der Waals surface area (Å²) in [6.07, 6.45) is 2.57. The molecule has 2 unspecified atom stereocenters. The summed E-state index contributed by atoms with van der Waals surface area (Å²) in [5.74, 6) is 0.854. The molecular weight excluding hydrogens is 264 g/mol. The number of nitrogens with zero attached hydrogens (tertiary/aromatic N) is 1. The highest BCUT2D eigenvalue weighted by Crippen LogP contribution is 2.33. The van der Waals surface area contributed by atoms with Crippen molar-refractivity contribution in [2.24, 2.45) is 0 Å². The molecule has 1 aromatic rings. The van der Waals surface area contributed by atoms with E-state index in [4.69, 9.17) is 9.47 Å². The Labute approximate surface area is 127 Å². The summed E-state index contributed by atoms with van der Waals surface area (Å²) in [6.45, 7) is 4.72. The Kier molecular flexibility index (Phi) is 5.22. The fourth-order valence-electron chi connectivity index (χ4n) is 2.99. The van der Waals surface area contributed by atoms with Crippen molar-refractivity contribution < 1.29 is 9.47 Å². The van der Waals surface area contributed by atoms with Crippen LogP contribution in [0.5, 0.6) is 5.75 Å². The molecule has 4 nitrogen and oxygen atoms in total. The molecule has 0 aromatic heterocycles. The molecule has 1 saturated carbocycles. The summed E-state index contributed by atoms with van der Waals surface area (Å²) in [5, 5.41) is 12.9. The molecule has 21 heavy (non-hydrogen) atoms. The number of hydrogen-bond donors (Lipinski definition) is 1. The van der Waals surface area contributed by atoms with Crippen LogP contribution in [0.4, 0.5) is 0 Å². The highest BCUT2D eigenvalue weighted by molar-refractivity contribution is 5.28. The van der Waals surface area contributed by atoms with Crippen molar-refractivity contribution in [2.75, 3.05) is 7.11 Å². The third-order valence-electron chi connectivity index (χ3n) is 3.76. The summed E-state index contributed by atoms with van der Waals surface area (Å²) >= 11 is 0. The first kappa shape index (κ1) is 15.8. The Bertz CT molecular complexity index is 510.